The van der Waals surface area contributed by atoms with Gasteiger partial charge in [0.1, 0.15) is 0 Å². The van der Waals surface area contributed by atoms with Crippen molar-refractivity contribution in [1.82, 2.24) is 5.23 Å². The molecular formula is C15H16BClNO2. The summed E-state index contributed by atoms with van der Waals surface area (Å²) in [6.45, 7) is 0.326. The molecule has 1 unspecified atom stereocenters. The second-order valence-corrected chi connectivity index (χ2v) is 4.92. The molecule has 0 saturated heterocycles. The minimum atomic E-state index is -0.572. The Labute approximate surface area is 124 Å². The monoisotopic (exact) mass is 288 g/mol. The molecule has 3 nitrogen and oxygen atoms in total. The largest absolute Gasteiger partial charge is 0.392 e. The van der Waals surface area contributed by atoms with Gasteiger partial charge in [0.25, 0.3) is 0 Å². The lowest BCUT2D eigenvalue weighted by atomic mass is 9.79. The van der Waals surface area contributed by atoms with Gasteiger partial charge in [-0.05, 0) is 23.3 Å². The summed E-state index contributed by atoms with van der Waals surface area (Å²) in [4.78, 5) is 0. The number of benzene rings is 2. The number of aliphatic hydroxyl groups is 2. The molecule has 0 fully saturated rings. The van der Waals surface area contributed by atoms with E-state index in [4.69, 9.17) is 11.6 Å². The first-order chi connectivity index (χ1) is 9.70. The van der Waals surface area contributed by atoms with Crippen LogP contribution in [0.4, 0.5) is 0 Å². The molecule has 0 amide bonds. The van der Waals surface area contributed by atoms with Crippen molar-refractivity contribution >= 4 is 24.5 Å². The molecule has 1 atom stereocenters. The molecule has 5 heteroatoms. The zero-order chi connectivity index (χ0) is 14.4. The van der Waals surface area contributed by atoms with E-state index in [0.29, 0.717) is 11.6 Å². The highest BCUT2D eigenvalue weighted by atomic mass is 35.5. The van der Waals surface area contributed by atoms with Crippen molar-refractivity contribution in [3.8, 4) is 0 Å². The first-order valence-corrected chi connectivity index (χ1v) is 6.77. The SMILES string of the molecule is OCc1cc(Cl)ccc1[B]NCC(O)c1ccccc1. The summed E-state index contributed by atoms with van der Waals surface area (Å²) in [5.41, 5.74) is 2.48. The summed E-state index contributed by atoms with van der Waals surface area (Å²) in [6, 6.07) is 14.8. The molecule has 0 aromatic heterocycles. The number of nitrogens with one attached hydrogen (secondary N) is 1. The highest BCUT2D eigenvalue weighted by Crippen LogP contribution is 2.11. The van der Waals surface area contributed by atoms with Crippen LogP contribution in [0.1, 0.15) is 17.2 Å². The van der Waals surface area contributed by atoms with Crippen LogP contribution in [-0.2, 0) is 6.61 Å². The third-order valence-electron chi connectivity index (χ3n) is 3.03. The van der Waals surface area contributed by atoms with E-state index in [1.165, 1.54) is 0 Å². The normalized spacial score (nSPS) is 12.2. The molecule has 0 spiro atoms. The molecule has 0 aliphatic carbocycles. The second-order valence-electron chi connectivity index (χ2n) is 4.48. The lowest BCUT2D eigenvalue weighted by Gasteiger charge is -2.13. The predicted molar refractivity (Wildman–Crippen MR) is 82.2 cm³/mol. The van der Waals surface area contributed by atoms with E-state index in [9.17, 15) is 10.2 Å². The van der Waals surface area contributed by atoms with Gasteiger partial charge in [-0.2, -0.15) is 0 Å². The Bertz CT molecular complexity index is 551. The van der Waals surface area contributed by atoms with Crippen LogP contribution in [0, 0.1) is 0 Å². The fourth-order valence-corrected chi connectivity index (χ4v) is 2.12. The van der Waals surface area contributed by atoms with Gasteiger partial charge in [0.2, 0.25) is 7.41 Å². The minimum absolute atomic E-state index is 0.0741. The van der Waals surface area contributed by atoms with Crippen LogP contribution >= 0.6 is 11.6 Å². The van der Waals surface area contributed by atoms with Crippen LogP contribution in [0.3, 0.4) is 0 Å². The van der Waals surface area contributed by atoms with E-state index in [2.05, 4.69) is 5.23 Å². The van der Waals surface area contributed by atoms with Gasteiger partial charge >= 0.3 is 0 Å². The summed E-state index contributed by atoms with van der Waals surface area (Å²) in [6.07, 6.45) is -0.572. The Morgan fingerprint density at radius 3 is 2.60 bits per heavy atom. The van der Waals surface area contributed by atoms with Crippen molar-refractivity contribution in [2.45, 2.75) is 12.7 Å². The molecule has 1 radical (unpaired) electrons. The van der Waals surface area contributed by atoms with Crippen LogP contribution in [0.15, 0.2) is 48.5 Å². The molecule has 2 aromatic carbocycles. The molecule has 0 saturated carbocycles. The maximum atomic E-state index is 10.0. The molecule has 0 aliphatic heterocycles. The molecule has 3 N–H and O–H groups in total. The Balaban J connectivity index is 1.90. The van der Waals surface area contributed by atoms with Gasteiger partial charge in [0, 0.05) is 11.6 Å². The highest BCUT2D eigenvalue weighted by molar-refractivity contribution is 6.51. The first kappa shape index (κ1) is 15.1. The average molecular weight is 289 g/mol. The third kappa shape index (κ3) is 4.08. The zero-order valence-electron chi connectivity index (χ0n) is 11.0. The molecule has 103 valence electrons. The van der Waals surface area contributed by atoms with Crippen molar-refractivity contribution in [3.05, 3.63) is 64.7 Å². The van der Waals surface area contributed by atoms with Gasteiger partial charge in [-0.15, -0.1) is 0 Å². The standard InChI is InChI=1S/C15H16BClNO2/c17-13-6-7-14(12(8-13)10-19)16-18-9-15(20)11-4-2-1-3-5-11/h1-8,15,18-20H,9-10H2. The van der Waals surface area contributed by atoms with E-state index in [0.717, 1.165) is 16.6 Å². The molecule has 2 rings (SSSR count). The van der Waals surface area contributed by atoms with E-state index in [1.807, 2.05) is 36.4 Å². The lowest BCUT2D eigenvalue weighted by Crippen LogP contribution is -2.35. The van der Waals surface area contributed by atoms with Gasteiger partial charge < -0.3 is 15.4 Å². The molecule has 0 heterocycles. The van der Waals surface area contributed by atoms with Gasteiger partial charge in [0.15, 0.2) is 0 Å². The summed E-state index contributed by atoms with van der Waals surface area (Å²) >= 11 is 5.87. The van der Waals surface area contributed by atoms with E-state index < -0.39 is 6.10 Å². The van der Waals surface area contributed by atoms with Crippen LogP contribution in [-0.4, -0.2) is 24.2 Å². The van der Waals surface area contributed by atoms with E-state index in [-0.39, 0.29) is 6.61 Å². The molecule has 0 aliphatic rings. The van der Waals surface area contributed by atoms with Gasteiger partial charge in [-0.1, -0.05) is 53.5 Å². The smallest absolute Gasteiger partial charge is 0.245 e. The minimum Gasteiger partial charge on any atom is -0.392 e. The quantitative estimate of drug-likeness (QED) is 0.704. The number of hydrogen-bond acceptors (Lipinski definition) is 3. The van der Waals surface area contributed by atoms with Crippen LogP contribution < -0.4 is 10.7 Å². The Hall–Kier alpha value is -1.33. The maximum absolute atomic E-state index is 10.0. The molecule has 0 bridgehead atoms. The molecular weight excluding hydrogens is 272 g/mol. The van der Waals surface area contributed by atoms with Crippen molar-refractivity contribution in [2.75, 3.05) is 6.54 Å². The Morgan fingerprint density at radius 1 is 1.15 bits per heavy atom. The van der Waals surface area contributed by atoms with Crippen molar-refractivity contribution < 1.29 is 10.2 Å². The fourth-order valence-electron chi connectivity index (χ4n) is 1.93. The van der Waals surface area contributed by atoms with Crippen LogP contribution in [0.2, 0.25) is 5.02 Å². The molecule has 2 aromatic rings. The number of halogens is 1. The van der Waals surface area contributed by atoms with Gasteiger partial charge in [-0.3, -0.25) is 0 Å². The van der Waals surface area contributed by atoms with Crippen LogP contribution in [0.5, 0.6) is 0 Å². The number of rotatable bonds is 6. The zero-order valence-corrected chi connectivity index (χ0v) is 11.7. The third-order valence-corrected chi connectivity index (χ3v) is 3.26. The summed E-state index contributed by atoms with van der Waals surface area (Å²) in [5, 5.41) is 22.9. The van der Waals surface area contributed by atoms with E-state index in [1.54, 1.807) is 19.5 Å². The van der Waals surface area contributed by atoms with Gasteiger partial charge in [-0.25, -0.2) is 0 Å². The van der Waals surface area contributed by atoms with Crippen molar-refractivity contribution in [2.24, 2.45) is 0 Å². The summed E-state index contributed by atoms with van der Waals surface area (Å²) in [7, 11) is 1.77. The topological polar surface area (TPSA) is 52.5 Å². The highest BCUT2D eigenvalue weighted by Gasteiger charge is 2.08. The lowest BCUT2D eigenvalue weighted by molar-refractivity contribution is 0.182. The van der Waals surface area contributed by atoms with Crippen LogP contribution in [0.25, 0.3) is 0 Å². The summed E-state index contributed by atoms with van der Waals surface area (Å²) < 4.78 is 0. The summed E-state index contributed by atoms with van der Waals surface area (Å²) in [5.74, 6) is 0. The average Bonchev–Trinajstić information content (AvgIpc) is 2.49. The first-order valence-electron chi connectivity index (χ1n) is 6.39. The van der Waals surface area contributed by atoms with Crippen molar-refractivity contribution in [1.29, 1.82) is 0 Å². The van der Waals surface area contributed by atoms with E-state index >= 15 is 0 Å². The second kappa shape index (κ2) is 7.46. The Morgan fingerprint density at radius 2 is 1.90 bits per heavy atom. The maximum Gasteiger partial charge on any atom is 0.245 e. The number of hydrogen-bond donors (Lipinski definition) is 3. The van der Waals surface area contributed by atoms with Gasteiger partial charge in [0.05, 0.1) is 12.7 Å². The predicted octanol–water partition coefficient (Wildman–Crippen LogP) is 1.40. The fraction of sp³-hybridized carbons (Fsp3) is 0.200. The molecule has 20 heavy (non-hydrogen) atoms. The number of aliphatic hydroxyl groups excluding tert-OH is 2. The Kier molecular flexibility index (Phi) is 5.62. The van der Waals surface area contributed by atoms with Crippen molar-refractivity contribution in [3.63, 3.8) is 0 Å².